The average molecular weight is 241 g/mol. The minimum Gasteiger partial charge on any atom is -0.381 e. The van der Waals surface area contributed by atoms with Crippen molar-refractivity contribution in [1.29, 1.82) is 0 Å². The highest BCUT2D eigenvalue weighted by Crippen LogP contribution is 2.21. The van der Waals surface area contributed by atoms with Gasteiger partial charge in [0.25, 0.3) is 0 Å². The monoisotopic (exact) mass is 241 g/mol. The number of hydrogen-bond donors (Lipinski definition) is 1. The summed E-state index contributed by atoms with van der Waals surface area (Å²) >= 11 is 0. The van der Waals surface area contributed by atoms with Crippen LogP contribution in [0.25, 0.3) is 0 Å². The van der Waals surface area contributed by atoms with Crippen molar-refractivity contribution in [3.05, 3.63) is 11.7 Å². The molecule has 1 aromatic rings. The molecule has 17 heavy (non-hydrogen) atoms. The number of hydrogen-bond acceptors (Lipinski definition) is 5. The predicted molar refractivity (Wildman–Crippen MR) is 66.0 cm³/mol. The van der Waals surface area contributed by atoms with Crippen molar-refractivity contribution < 1.29 is 9.26 Å². The molecule has 0 fully saturated rings. The highest BCUT2D eigenvalue weighted by atomic mass is 16.5. The number of nitrogens with one attached hydrogen (secondary N) is 1. The van der Waals surface area contributed by atoms with E-state index in [0.29, 0.717) is 18.4 Å². The fourth-order valence-corrected chi connectivity index (χ4v) is 1.78. The zero-order chi connectivity index (χ0) is 12.8. The molecule has 98 valence electrons. The Bertz CT molecular complexity index is 327. The molecule has 0 aliphatic carbocycles. The van der Waals surface area contributed by atoms with E-state index in [2.05, 4.69) is 29.3 Å². The molecule has 3 atom stereocenters. The molecule has 5 heteroatoms. The molecule has 1 N–H and O–H groups in total. The SMILES string of the molecule is CCC(c1nc(CC(C)OC)no1)C(C)NC. The largest absolute Gasteiger partial charge is 0.381 e. The number of nitrogens with zero attached hydrogens (tertiary/aromatic N) is 2. The van der Waals surface area contributed by atoms with Gasteiger partial charge in [0, 0.05) is 19.6 Å². The van der Waals surface area contributed by atoms with Gasteiger partial charge in [0.15, 0.2) is 5.82 Å². The first kappa shape index (κ1) is 14.1. The lowest BCUT2D eigenvalue weighted by atomic mass is 9.98. The maximum atomic E-state index is 5.33. The van der Waals surface area contributed by atoms with E-state index in [0.717, 1.165) is 12.2 Å². The lowest BCUT2D eigenvalue weighted by Crippen LogP contribution is -2.28. The molecular formula is C12H23N3O2. The molecule has 3 unspecified atom stereocenters. The van der Waals surface area contributed by atoms with Crippen molar-refractivity contribution in [2.75, 3.05) is 14.2 Å². The van der Waals surface area contributed by atoms with E-state index >= 15 is 0 Å². The normalized spacial score (nSPS) is 16.8. The maximum absolute atomic E-state index is 5.33. The van der Waals surface area contributed by atoms with Gasteiger partial charge < -0.3 is 14.6 Å². The van der Waals surface area contributed by atoms with Crippen LogP contribution in [0.15, 0.2) is 4.52 Å². The Morgan fingerprint density at radius 3 is 2.65 bits per heavy atom. The van der Waals surface area contributed by atoms with Gasteiger partial charge in [-0.05, 0) is 27.3 Å². The summed E-state index contributed by atoms with van der Waals surface area (Å²) < 4.78 is 10.5. The van der Waals surface area contributed by atoms with E-state index in [1.54, 1.807) is 7.11 Å². The first-order valence-corrected chi connectivity index (χ1v) is 6.14. The molecule has 0 radical (unpaired) electrons. The molecule has 0 saturated carbocycles. The minimum atomic E-state index is 0.113. The lowest BCUT2D eigenvalue weighted by molar-refractivity contribution is 0.116. The van der Waals surface area contributed by atoms with Crippen molar-refractivity contribution >= 4 is 0 Å². The van der Waals surface area contributed by atoms with Crippen LogP contribution in [-0.2, 0) is 11.2 Å². The summed E-state index contributed by atoms with van der Waals surface area (Å²) in [5.41, 5.74) is 0. The third-order valence-corrected chi connectivity index (χ3v) is 3.17. The van der Waals surface area contributed by atoms with E-state index in [1.165, 1.54) is 0 Å². The number of aromatic nitrogens is 2. The standard InChI is InChI=1S/C12H23N3O2/c1-6-10(9(3)13-4)12-14-11(15-17-12)7-8(2)16-5/h8-10,13H,6-7H2,1-5H3. The van der Waals surface area contributed by atoms with Crippen LogP contribution in [-0.4, -0.2) is 36.4 Å². The van der Waals surface area contributed by atoms with Gasteiger partial charge in [0.2, 0.25) is 5.89 Å². The van der Waals surface area contributed by atoms with Crippen molar-refractivity contribution in [2.24, 2.45) is 0 Å². The molecule has 0 bridgehead atoms. The predicted octanol–water partition coefficient (Wildman–Crippen LogP) is 1.75. The van der Waals surface area contributed by atoms with E-state index < -0.39 is 0 Å². The Kier molecular flexibility index (Phi) is 5.58. The Morgan fingerprint density at radius 2 is 2.12 bits per heavy atom. The fourth-order valence-electron chi connectivity index (χ4n) is 1.78. The summed E-state index contributed by atoms with van der Waals surface area (Å²) in [6, 6.07) is 0.327. The Balaban J connectivity index is 2.71. The maximum Gasteiger partial charge on any atom is 0.231 e. The van der Waals surface area contributed by atoms with Gasteiger partial charge in [0.1, 0.15) is 0 Å². The first-order valence-electron chi connectivity index (χ1n) is 6.14. The van der Waals surface area contributed by atoms with Crippen LogP contribution < -0.4 is 5.32 Å². The van der Waals surface area contributed by atoms with Gasteiger partial charge in [-0.25, -0.2) is 0 Å². The van der Waals surface area contributed by atoms with Crippen LogP contribution in [0.2, 0.25) is 0 Å². The molecule has 1 aromatic heterocycles. The zero-order valence-electron chi connectivity index (χ0n) is 11.4. The van der Waals surface area contributed by atoms with E-state index in [9.17, 15) is 0 Å². The molecule has 0 aliphatic heterocycles. The summed E-state index contributed by atoms with van der Waals surface area (Å²) in [5.74, 6) is 1.70. The van der Waals surface area contributed by atoms with Crippen molar-refractivity contribution in [2.45, 2.75) is 51.7 Å². The smallest absolute Gasteiger partial charge is 0.231 e. The second-order valence-corrected chi connectivity index (χ2v) is 4.39. The van der Waals surface area contributed by atoms with Crippen LogP contribution >= 0.6 is 0 Å². The van der Waals surface area contributed by atoms with Crippen molar-refractivity contribution in [3.8, 4) is 0 Å². The first-order chi connectivity index (χ1) is 8.12. The third kappa shape index (κ3) is 3.78. The average Bonchev–Trinajstić information content (AvgIpc) is 2.77. The Labute approximate surface area is 103 Å². The molecule has 5 nitrogen and oxygen atoms in total. The number of likely N-dealkylation sites (N-methyl/N-ethyl adjacent to an activating group) is 1. The molecule has 0 aromatic carbocycles. The summed E-state index contributed by atoms with van der Waals surface area (Å²) in [7, 11) is 3.63. The van der Waals surface area contributed by atoms with Crippen LogP contribution in [0, 0.1) is 0 Å². The van der Waals surface area contributed by atoms with Crippen LogP contribution in [0.5, 0.6) is 0 Å². The molecular weight excluding hydrogens is 218 g/mol. The quantitative estimate of drug-likeness (QED) is 0.788. The third-order valence-electron chi connectivity index (χ3n) is 3.17. The summed E-state index contributed by atoms with van der Waals surface area (Å²) in [6.07, 6.45) is 1.77. The van der Waals surface area contributed by atoms with Gasteiger partial charge in [0.05, 0.1) is 12.0 Å². The number of ether oxygens (including phenoxy) is 1. The van der Waals surface area contributed by atoms with E-state index in [-0.39, 0.29) is 12.0 Å². The van der Waals surface area contributed by atoms with Gasteiger partial charge in [-0.2, -0.15) is 4.98 Å². The second kappa shape index (κ2) is 6.71. The van der Waals surface area contributed by atoms with Gasteiger partial charge >= 0.3 is 0 Å². The molecule has 1 rings (SSSR count). The lowest BCUT2D eigenvalue weighted by Gasteiger charge is -2.17. The highest BCUT2D eigenvalue weighted by molar-refractivity contribution is 4.98. The van der Waals surface area contributed by atoms with E-state index in [1.807, 2.05) is 14.0 Å². The molecule has 0 aliphatic rings. The second-order valence-electron chi connectivity index (χ2n) is 4.39. The van der Waals surface area contributed by atoms with Gasteiger partial charge in [-0.3, -0.25) is 0 Å². The number of rotatable bonds is 7. The molecule has 1 heterocycles. The number of methoxy groups -OCH3 is 1. The summed E-state index contributed by atoms with van der Waals surface area (Å²) in [5, 5.41) is 7.22. The summed E-state index contributed by atoms with van der Waals surface area (Å²) in [6.45, 7) is 6.24. The van der Waals surface area contributed by atoms with Crippen LogP contribution in [0.1, 0.15) is 44.8 Å². The molecule has 0 amide bonds. The minimum absolute atomic E-state index is 0.113. The molecule has 0 spiro atoms. The van der Waals surface area contributed by atoms with Crippen LogP contribution in [0.4, 0.5) is 0 Å². The topological polar surface area (TPSA) is 60.2 Å². The molecule has 0 saturated heterocycles. The Morgan fingerprint density at radius 1 is 1.41 bits per heavy atom. The fraction of sp³-hybridized carbons (Fsp3) is 0.833. The van der Waals surface area contributed by atoms with Gasteiger partial charge in [-0.15, -0.1) is 0 Å². The van der Waals surface area contributed by atoms with Crippen LogP contribution in [0.3, 0.4) is 0 Å². The van der Waals surface area contributed by atoms with E-state index in [4.69, 9.17) is 9.26 Å². The summed E-state index contributed by atoms with van der Waals surface area (Å²) in [4.78, 5) is 4.44. The van der Waals surface area contributed by atoms with Gasteiger partial charge in [-0.1, -0.05) is 12.1 Å². The highest BCUT2D eigenvalue weighted by Gasteiger charge is 2.22. The Hall–Kier alpha value is -0.940. The zero-order valence-corrected chi connectivity index (χ0v) is 11.4. The van der Waals surface area contributed by atoms with Crippen molar-refractivity contribution in [1.82, 2.24) is 15.5 Å². The van der Waals surface area contributed by atoms with Crippen molar-refractivity contribution in [3.63, 3.8) is 0 Å².